The summed E-state index contributed by atoms with van der Waals surface area (Å²) in [5.41, 5.74) is 1.65. The molecule has 21 heavy (non-hydrogen) atoms. The zero-order chi connectivity index (χ0) is 15.3. The summed E-state index contributed by atoms with van der Waals surface area (Å²) in [4.78, 5) is 2.31. The molecule has 0 aromatic heterocycles. The minimum Gasteiger partial charge on any atom is -0.376 e. The van der Waals surface area contributed by atoms with Gasteiger partial charge in [-0.25, -0.2) is 0 Å². The smallest absolute Gasteiger partial charge is 0.0632 e. The van der Waals surface area contributed by atoms with Gasteiger partial charge >= 0.3 is 0 Å². The van der Waals surface area contributed by atoms with E-state index in [2.05, 4.69) is 68.5 Å². The molecule has 118 valence electrons. The summed E-state index contributed by atoms with van der Waals surface area (Å²) in [6.45, 7) is 8.40. The van der Waals surface area contributed by atoms with E-state index in [1.54, 1.807) is 0 Å². The molecule has 1 heterocycles. The maximum absolute atomic E-state index is 5.92. The van der Waals surface area contributed by atoms with E-state index in [0.29, 0.717) is 5.41 Å². The van der Waals surface area contributed by atoms with Gasteiger partial charge in [-0.2, -0.15) is 0 Å². The van der Waals surface area contributed by atoms with Crippen LogP contribution in [0.25, 0.3) is 0 Å². The maximum Gasteiger partial charge on any atom is 0.0632 e. The summed E-state index contributed by atoms with van der Waals surface area (Å²) in [6, 6.07) is 10.6. The van der Waals surface area contributed by atoms with E-state index >= 15 is 0 Å². The van der Waals surface area contributed by atoms with E-state index in [-0.39, 0.29) is 5.60 Å². The lowest BCUT2D eigenvalue weighted by Crippen LogP contribution is -2.50. The number of ether oxygens (including phenoxy) is 1. The molecule has 1 aliphatic rings. The molecular formula is C18H30N2O. The Morgan fingerprint density at radius 2 is 1.90 bits per heavy atom. The second-order valence-electron chi connectivity index (χ2n) is 7.36. The molecule has 0 amide bonds. The fraction of sp³-hybridized carbons (Fsp3) is 0.667. The predicted molar refractivity (Wildman–Crippen MR) is 88.4 cm³/mol. The van der Waals surface area contributed by atoms with Gasteiger partial charge in [-0.05, 0) is 46.3 Å². The largest absolute Gasteiger partial charge is 0.376 e. The van der Waals surface area contributed by atoms with Crippen molar-refractivity contribution < 1.29 is 4.74 Å². The van der Waals surface area contributed by atoms with Crippen LogP contribution in [0.2, 0.25) is 0 Å². The quantitative estimate of drug-likeness (QED) is 0.872. The first-order valence-corrected chi connectivity index (χ1v) is 7.94. The van der Waals surface area contributed by atoms with Crippen LogP contribution >= 0.6 is 0 Å². The van der Waals surface area contributed by atoms with Crippen LogP contribution in [0.1, 0.15) is 32.3 Å². The van der Waals surface area contributed by atoms with E-state index in [1.807, 2.05) is 0 Å². The Morgan fingerprint density at radius 3 is 2.52 bits per heavy atom. The lowest BCUT2D eigenvalue weighted by atomic mass is 9.73. The first kappa shape index (κ1) is 16.5. The molecule has 0 saturated carbocycles. The Bertz CT molecular complexity index is 430. The SMILES string of the molecule is CN(C)C[C@@]1(CNCc2ccccc2)CCOC(C)(C)C1. The summed E-state index contributed by atoms with van der Waals surface area (Å²) in [7, 11) is 4.34. The second kappa shape index (κ2) is 6.91. The molecule has 1 aliphatic heterocycles. The molecule has 1 N–H and O–H groups in total. The van der Waals surface area contributed by atoms with Crippen molar-refractivity contribution in [2.45, 2.75) is 38.8 Å². The zero-order valence-electron chi connectivity index (χ0n) is 14.0. The molecule has 1 aromatic carbocycles. The summed E-state index contributed by atoms with van der Waals surface area (Å²) in [5, 5.41) is 3.67. The van der Waals surface area contributed by atoms with Crippen LogP contribution in [0.3, 0.4) is 0 Å². The molecule has 0 bridgehead atoms. The zero-order valence-corrected chi connectivity index (χ0v) is 14.0. The Labute approximate surface area is 129 Å². The fourth-order valence-electron chi connectivity index (χ4n) is 3.67. The molecule has 1 saturated heterocycles. The van der Waals surface area contributed by atoms with Crippen molar-refractivity contribution in [2.24, 2.45) is 5.41 Å². The minimum absolute atomic E-state index is 0.0112. The average Bonchev–Trinajstić information content (AvgIpc) is 2.37. The van der Waals surface area contributed by atoms with Gasteiger partial charge in [0.1, 0.15) is 0 Å². The third kappa shape index (κ3) is 5.10. The lowest BCUT2D eigenvalue weighted by molar-refractivity contribution is -0.109. The third-order valence-corrected chi connectivity index (χ3v) is 4.25. The van der Waals surface area contributed by atoms with Crippen molar-refractivity contribution in [3.05, 3.63) is 35.9 Å². The van der Waals surface area contributed by atoms with Gasteiger partial charge in [0.2, 0.25) is 0 Å². The monoisotopic (exact) mass is 290 g/mol. The van der Waals surface area contributed by atoms with E-state index in [0.717, 1.165) is 39.1 Å². The molecule has 3 heteroatoms. The molecule has 3 nitrogen and oxygen atoms in total. The second-order valence-corrected chi connectivity index (χ2v) is 7.36. The highest BCUT2D eigenvalue weighted by atomic mass is 16.5. The highest BCUT2D eigenvalue weighted by molar-refractivity contribution is 5.14. The van der Waals surface area contributed by atoms with Crippen molar-refractivity contribution in [1.82, 2.24) is 10.2 Å². The molecule has 0 spiro atoms. The van der Waals surface area contributed by atoms with Crippen LogP contribution in [0.15, 0.2) is 30.3 Å². The van der Waals surface area contributed by atoms with Gasteiger partial charge in [0.25, 0.3) is 0 Å². The van der Waals surface area contributed by atoms with Crippen molar-refractivity contribution in [2.75, 3.05) is 33.8 Å². The minimum atomic E-state index is -0.0112. The fourth-order valence-corrected chi connectivity index (χ4v) is 3.67. The number of hydrogen-bond donors (Lipinski definition) is 1. The molecule has 0 aliphatic carbocycles. The van der Waals surface area contributed by atoms with E-state index in [1.165, 1.54) is 5.56 Å². The first-order valence-electron chi connectivity index (χ1n) is 7.94. The van der Waals surface area contributed by atoms with Crippen molar-refractivity contribution in [3.8, 4) is 0 Å². The summed E-state index contributed by atoms with van der Waals surface area (Å²) in [6.07, 6.45) is 2.25. The normalized spacial score (nSPS) is 25.2. The lowest BCUT2D eigenvalue weighted by Gasteiger charge is -2.46. The van der Waals surface area contributed by atoms with Crippen LogP contribution in [0.4, 0.5) is 0 Å². The van der Waals surface area contributed by atoms with E-state index < -0.39 is 0 Å². The summed E-state index contributed by atoms with van der Waals surface area (Å²) in [5.74, 6) is 0. The van der Waals surface area contributed by atoms with Gasteiger partial charge in [0.15, 0.2) is 0 Å². The standard InChI is InChI=1S/C18H30N2O/c1-17(2)13-18(10-11-21-17,15-20(3)4)14-19-12-16-8-6-5-7-9-16/h5-9,19H,10-15H2,1-4H3/t18-/m0/s1. The molecule has 1 fully saturated rings. The Morgan fingerprint density at radius 1 is 1.19 bits per heavy atom. The maximum atomic E-state index is 5.92. The van der Waals surface area contributed by atoms with E-state index in [4.69, 9.17) is 4.74 Å². The highest BCUT2D eigenvalue weighted by Crippen LogP contribution is 2.38. The Balaban J connectivity index is 1.96. The van der Waals surface area contributed by atoms with Gasteiger partial charge in [0, 0.05) is 31.7 Å². The highest BCUT2D eigenvalue weighted by Gasteiger charge is 2.40. The first-order chi connectivity index (χ1) is 9.91. The molecular weight excluding hydrogens is 260 g/mol. The topological polar surface area (TPSA) is 24.5 Å². The number of nitrogens with one attached hydrogen (secondary N) is 1. The van der Waals surface area contributed by atoms with Gasteiger partial charge in [0.05, 0.1) is 5.60 Å². The van der Waals surface area contributed by atoms with Crippen molar-refractivity contribution in [1.29, 1.82) is 0 Å². The third-order valence-electron chi connectivity index (χ3n) is 4.25. The number of benzene rings is 1. The van der Waals surface area contributed by atoms with Gasteiger partial charge in [-0.15, -0.1) is 0 Å². The van der Waals surface area contributed by atoms with Crippen LogP contribution in [-0.2, 0) is 11.3 Å². The predicted octanol–water partition coefficient (Wildman–Crippen LogP) is 2.91. The molecule has 2 rings (SSSR count). The van der Waals surface area contributed by atoms with Crippen LogP contribution < -0.4 is 5.32 Å². The van der Waals surface area contributed by atoms with Crippen molar-refractivity contribution in [3.63, 3.8) is 0 Å². The number of hydrogen-bond acceptors (Lipinski definition) is 3. The van der Waals surface area contributed by atoms with Gasteiger partial charge in [-0.1, -0.05) is 30.3 Å². The summed E-state index contributed by atoms with van der Waals surface area (Å²) >= 11 is 0. The average molecular weight is 290 g/mol. The van der Waals surface area contributed by atoms with Gasteiger partial charge in [-0.3, -0.25) is 0 Å². The van der Waals surface area contributed by atoms with Crippen LogP contribution in [0, 0.1) is 5.41 Å². The van der Waals surface area contributed by atoms with E-state index in [9.17, 15) is 0 Å². The molecule has 1 atom stereocenters. The molecule has 1 aromatic rings. The van der Waals surface area contributed by atoms with Crippen LogP contribution in [0.5, 0.6) is 0 Å². The summed E-state index contributed by atoms with van der Waals surface area (Å²) < 4.78 is 5.92. The Kier molecular flexibility index (Phi) is 5.42. The molecule has 0 radical (unpaired) electrons. The van der Waals surface area contributed by atoms with Crippen molar-refractivity contribution >= 4 is 0 Å². The Hall–Kier alpha value is -0.900. The van der Waals surface area contributed by atoms with Crippen LogP contribution in [-0.4, -0.2) is 44.3 Å². The molecule has 0 unspecified atom stereocenters. The number of nitrogens with zero attached hydrogens (tertiary/aromatic N) is 1. The number of rotatable bonds is 6. The van der Waals surface area contributed by atoms with Gasteiger partial charge < -0.3 is 15.0 Å².